The Hall–Kier alpha value is -0.400. The number of hydrogen-bond acceptors (Lipinski definition) is 3. The summed E-state index contributed by atoms with van der Waals surface area (Å²) in [6, 6.07) is 3.83. The number of sulfonamides is 1. The highest BCUT2D eigenvalue weighted by Crippen LogP contribution is 2.19. The minimum absolute atomic E-state index is 0. The van der Waals surface area contributed by atoms with Crippen LogP contribution in [0.4, 0.5) is 4.39 Å². The normalized spacial score (nSPS) is 18.8. The van der Waals surface area contributed by atoms with E-state index in [9.17, 15) is 12.8 Å². The van der Waals surface area contributed by atoms with Gasteiger partial charge in [-0.3, -0.25) is 0 Å². The molecule has 0 spiro atoms. The lowest BCUT2D eigenvalue weighted by atomic mass is 10.2. The van der Waals surface area contributed by atoms with E-state index in [0.717, 1.165) is 31.5 Å². The average Bonchev–Trinajstić information content (AvgIpc) is 2.85. The van der Waals surface area contributed by atoms with Crippen molar-refractivity contribution in [2.24, 2.45) is 0 Å². The van der Waals surface area contributed by atoms with Crippen LogP contribution in [0.1, 0.15) is 19.3 Å². The molecular formula is C12H17Cl2FN2O2S. The highest BCUT2D eigenvalue weighted by Gasteiger charge is 2.20. The third-order valence-electron chi connectivity index (χ3n) is 3.13. The van der Waals surface area contributed by atoms with Gasteiger partial charge in [-0.15, -0.1) is 12.4 Å². The van der Waals surface area contributed by atoms with Gasteiger partial charge in [0.15, 0.2) is 0 Å². The van der Waals surface area contributed by atoms with Crippen LogP contribution in [0.25, 0.3) is 0 Å². The van der Waals surface area contributed by atoms with Crippen LogP contribution >= 0.6 is 24.0 Å². The summed E-state index contributed by atoms with van der Waals surface area (Å²) in [7, 11) is -3.84. The first kappa shape index (κ1) is 17.7. The summed E-state index contributed by atoms with van der Waals surface area (Å²) in [5.41, 5.74) is 0. The van der Waals surface area contributed by atoms with E-state index in [2.05, 4.69) is 10.0 Å². The van der Waals surface area contributed by atoms with Gasteiger partial charge in [0.1, 0.15) is 10.7 Å². The molecule has 1 aromatic carbocycles. The van der Waals surface area contributed by atoms with Crippen LogP contribution in [0.15, 0.2) is 23.1 Å². The van der Waals surface area contributed by atoms with E-state index in [4.69, 9.17) is 11.6 Å². The summed E-state index contributed by atoms with van der Waals surface area (Å²) >= 11 is 5.69. The van der Waals surface area contributed by atoms with Gasteiger partial charge in [0, 0.05) is 17.6 Å². The van der Waals surface area contributed by atoms with E-state index < -0.39 is 20.7 Å². The number of benzene rings is 1. The minimum Gasteiger partial charge on any atom is -0.314 e. The standard InChI is InChI=1S/C12H16ClFN2O2S.ClH/c13-9-3-4-11(14)12(8-9)19(17,18)16-7-5-10-2-1-6-15-10;/h3-4,8,10,15-16H,1-2,5-7H2;1H/t10-;/m1./s1. The van der Waals surface area contributed by atoms with E-state index in [0.29, 0.717) is 12.5 Å². The van der Waals surface area contributed by atoms with Crippen LogP contribution in [0.2, 0.25) is 5.02 Å². The molecule has 0 aliphatic carbocycles. The Kier molecular flexibility index (Phi) is 6.68. The predicted molar refractivity (Wildman–Crippen MR) is 79.5 cm³/mol. The number of nitrogens with one attached hydrogen (secondary N) is 2. The van der Waals surface area contributed by atoms with Gasteiger partial charge in [-0.2, -0.15) is 0 Å². The van der Waals surface area contributed by atoms with Crippen LogP contribution in [0, 0.1) is 5.82 Å². The van der Waals surface area contributed by atoms with Gasteiger partial charge >= 0.3 is 0 Å². The average molecular weight is 343 g/mol. The molecule has 0 unspecified atom stereocenters. The van der Waals surface area contributed by atoms with Crippen LogP contribution < -0.4 is 10.0 Å². The first-order valence-corrected chi connectivity index (χ1v) is 8.03. The molecule has 114 valence electrons. The Labute approximate surface area is 129 Å². The minimum atomic E-state index is -3.84. The smallest absolute Gasteiger partial charge is 0.243 e. The maximum absolute atomic E-state index is 13.5. The van der Waals surface area contributed by atoms with Crippen molar-refractivity contribution in [1.29, 1.82) is 0 Å². The molecule has 8 heteroatoms. The highest BCUT2D eigenvalue weighted by molar-refractivity contribution is 7.89. The zero-order valence-electron chi connectivity index (χ0n) is 10.7. The van der Waals surface area contributed by atoms with Gasteiger partial charge in [0.25, 0.3) is 0 Å². The van der Waals surface area contributed by atoms with Crippen molar-refractivity contribution in [2.75, 3.05) is 13.1 Å². The van der Waals surface area contributed by atoms with E-state index in [1.54, 1.807) is 0 Å². The SMILES string of the molecule is Cl.O=S(=O)(NCC[C@H]1CCCN1)c1cc(Cl)ccc1F. The zero-order chi connectivity index (χ0) is 13.9. The molecule has 1 aliphatic heterocycles. The summed E-state index contributed by atoms with van der Waals surface area (Å²) in [5, 5.41) is 3.47. The van der Waals surface area contributed by atoms with Gasteiger partial charge in [0.2, 0.25) is 10.0 Å². The molecule has 4 nitrogen and oxygen atoms in total. The Bertz CT molecular complexity index is 548. The van der Waals surface area contributed by atoms with Crippen LogP contribution in [-0.2, 0) is 10.0 Å². The van der Waals surface area contributed by atoms with Gasteiger partial charge in [-0.05, 0) is 44.0 Å². The first-order chi connectivity index (χ1) is 8.99. The van der Waals surface area contributed by atoms with Crippen molar-refractivity contribution in [3.63, 3.8) is 0 Å². The van der Waals surface area contributed by atoms with E-state index in [-0.39, 0.29) is 24.0 Å². The fourth-order valence-corrected chi connectivity index (χ4v) is 3.52. The molecule has 0 aromatic heterocycles. The summed E-state index contributed by atoms with van der Waals surface area (Å²) in [4.78, 5) is -0.403. The molecule has 1 aromatic rings. The molecule has 0 radical (unpaired) electrons. The monoisotopic (exact) mass is 342 g/mol. The molecule has 1 heterocycles. The maximum atomic E-state index is 13.5. The fourth-order valence-electron chi connectivity index (χ4n) is 2.13. The quantitative estimate of drug-likeness (QED) is 0.863. The highest BCUT2D eigenvalue weighted by atomic mass is 35.5. The Morgan fingerprint density at radius 2 is 2.20 bits per heavy atom. The van der Waals surface area contributed by atoms with Crippen LogP contribution in [0.3, 0.4) is 0 Å². The number of halogens is 3. The predicted octanol–water partition coefficient (Wildman–Crippen LogP) is 2.32. The lowest BCUT2D eigenvalue weighted by Gasteiger charge is -2.11. The molecule has 1 atom stereocenters. The van der Waals surface area contributed by atoms with Crippen molar-refractivity contribution in [3.8, 4) is 0 Å². The second kappa shape index (κ2) is 7.56. The van der Waals surface area contributed by atoms with E-state index in [1.807, 2.05) is 0 Å². The largest absolute Gasteiger partial charge is 0.314 e. The van der Waals surface area contributed by atoms with E-state index in [1.165, 1.54) is 6.07 Å². The molecule has 2 N–H and O–H groups in total. The third kappa shape index (κ3) is 4.56. The second-order valence-electron chi connectivity index (χ2n) is 4.55. The fraction of sp³-hybridized carbons (Fsp3) is 0.500. The topological polar surface area (TPSA) is 58.2 Å². The molecule has 1 fully saturated rings. The Morgan fingerprint density at radius 3 is 2.85 bits per heavy atom. The first-order valence-electron chi connectivity index (χ1n) is 6.17. The van der Waals surface area contributed by atoms with Crippen LogP contribution in [-0.4, -0.2) is 27.5 Å². The van der Waals surface area contributed by atoms with Crippen molar-refractivity contribution in [2.45, 2.75) is 30.2 Å². The lowest BCUT2D eigenvalue weighted by Crippen LogP contribution is -2.31. The molecule has 2 rings (SSSR count). The van der Waals surface area contributed by atoms with Crippen LogP contribution in [0.5, 0.6) is 0 Å². The van der Waals surface area contributed by atoms with Gasteiger partial charge in [-0.1, -0.05) is 11.6 Å². The molecule has 0 amide bonds. The Balaban J connectivity index is 0.00000200. The maximum Gasteiger partial charge on any atom is 0.243 e. The molecule has 1 saturated heterocycles. The summed E-state index contributed by atoms with van der Waals surface area (Å²) in [6.07, 6.45) is 2.86. The summed E-state index contributed by atoms with van der Waals surface area (Å²) < 4.78 is 39.8. The third-order valence-corrected chi connectivity index (χ3v) is 4.84. The number of hydrogen-bond donors (Lipinski definition) is 2. The molecular weight excluding hydrogens is 326 g/mol. The lowest BCUT2D eigenvalue weighted by molar-refractivity contribution is 0.532. The van der Waals surface area contributed by atoms with Gasteiger partial charge in [-0.25, -0.2) is 17.5 Å². The molecule has 0 bridgehead atoms. The molecule has 20 heavy (non-hydrogen) atoms. The molecule has 1 aliphatic rings. The van der Waals surface area contributed by atoms with E-state index >= 15 is 0 Å². The Morgan fingerprint density at radius 1 is 1.45 bits per heavy atom. The van der Waals surface area contributed by atoms with Crippen molar-refractivity contribution >= 4 is 34.0 Å². The summed E-state index contributed by atoms with van der Waals surface area (Å²) in [6.45, 7) is 1.26. The second-order valence-corrected chi connectivity index (χ2v) is 6.73. The van der Waals surface area contributed by atoms with Crippen molar-refractivity contribution in [1.82, 2.24) is 10.0 Å². The van der Waals surface area contributed by atoms with Crippen molar-refractivity contribution in [3.05, 3.63) is 29.0 Å². The molecule has 0 saturated carbocycles. The zero-order valence-corrected chi connectivity index (χ0v) is 13.1. The van der Waals surface area contributed by atoms with Crippen molar-refractivity contribution < 1.29 is 12.8 Å². The summed E-state index contributed by atoms with van der Waals surface area (Å²) in [5.74, 6) is -0.795. The number of rotatable bonds is 5. The van der Waals surface area contributed by atoms with Gasteiger partial charge in [0.05, 0.1) is 0 Å². The van der Waals surface area contributed by atoms with Gasteiger partial charge < -0.3 is 5.32 Å².